The monoisotopic (exact) mass is 506 g/mol. The quantitative estimate of drug-likeness (QED) is 0.526. The number of nitrogens with one attached hydrogen (secondary N) is 2. The minimum atomic E-state index is 0.0609. The normalized spacial score (nSPS) is 15.9. The molecule has 0 radical (unpaired) electrons. The molecule has 5 rings (SSSR count). The van der Waals surface area contributed by atoms with Crippen molar-refractivity contribution >= 4 is 44.8 Å². The molecule has 1 amide bonds. The van der Waals surface area contributed by atoms with E-state index in [4.69, 9.17) is 4.98 Å². The number of nitrogens with zero attached hydrogens (tertiary/aromatic N) is 4. The molecule has 2 N–H and O–H groups in total. The van der Waals surface area contributed by atoms with Crippen LogP contribution < -0.4 is 15.5 Å². The zero-order valence-electron chi connectivity index (χ0n) is 18.6. The smallest absolute Gasteiger partial charge is 0.228 e. The molecule has 2 aliphatic rings. The molecule has 2 aliphatic heterocycles. The summed E-state index contributed by atoms with van der Waals surface area (Å²) in [7, 11) is 2.17. The fraction of sp³-hybridized carbons (Fsp3) is 0.320. The van der Waals surface area contributed by atoms with E-state index < -0.39 is 0 Å². The van der Waals surface area contributed by atoms with Gasteiger partial charge in [0, 0.05) is 49.4 Å². The Labute approximate surface area is 202 Å². The molecule has 1 saturated heterocycles. The van der Waals surface area contributed by atoms with Crippen LogP contribution in [0.3, 0.4) is 0 Å². The van der Waals surface area contributed by atoms with Gasteiger partial charge >= 0.3 is 0 Å². The second kappa shape index (κ2) is 9.49. The molecule has 0 spiro atoms. The van der Waals surface area contributed by atoms with Gasteiger partial charge in [-0.05, 0) is 77.3 Å². The van der Waals surface area contributed by atoms with Gasteiger partial charge in [-0.3, -0.25) is 4.79 Å². The lowest BCUT2D eigenvalue weighted by Gasteiger charge is -2.34. The van der Waals surface area contributed by atoms with Gasteiger partial charge < -0.3 is 20.4 Å². The number of aromatic nitrogens is 2. The maximum atomic E-state index is 11.8. The van der Waals surface area contributed by atoms with Gasteiger partial charge in [0.2, 0.25) is 11.9 Å². The molecule has 3 heterocycles. The molecule has 0 atom stereocenters. The molecule has 0 aliphatic carbocycles. The predicted octanol–water partition coefficient (Wildman–Crippen LogP) is 4.01. The van der Waals surface area contributed by atoms with E-state index in [9.17, 15) is 4.79 Å². The van der Waals surface area contributed by atoms with Crippen LogP contribution in [0.2, 0.25) is 0 Å². The highest BCUT2D eigenvalue weighted by molar-refractivity contribution is 9.10. The Balaban J connectivity index is 1.25. The van der Waals surface area contributed by atoms with Gasteiger partial charge in [-0.2, -0.15) is 0 Å². The summed E-state index contributed by atoms with van der Waals surface area (Å²) in [6.45, 7) is 4.29. The Bertz CT molecular complexity index is 1160. The number of likely N-dealkylation sites (N-methyl/N-ethyl adjacent to an activating group) is 1. The maximum Gasteiger partial charge on any atom is 0.228 e. The number of carbonyl (C=O) groups is 1. The number of amides is 1. The minimum Gasteiger partial charge on any atom is -0.369 e. The summed E-state index contributed by atoms with van der Waals surface area (Å²) in [6, 6.07) is 14.5. The van der Waals surface area contributed by atoms with Crippen LogP contribution >= 0.6 is 15.9 Å². The molecule has 0 saturated carbocycles. The Morgan fingerprint density at radius 2 is 1.85 bits per heavy atom. The van der Waals surface area contributed by atoms with Gasteiger partial charge in [0.1, 0.15) is 0 Å². The first-order chi connectivity index (χ1) is 16.0. The second-order valence-corrected chi connectivity index (χ2v) is 9.47. The van der Waals surface area contributed by atoms with Crippen LogP contribution in [0.15, 0.2) is 53.1 Å². The van der Waals surface area contributed by atoms with Crippen molar-refractivity contribution in [1.82, 2.24) is 14.9 Å². The first-order valence-electron chi connectivity index (χ1n) is 11.3. The number of rotatable bonds is 6. The van der Waals surface area contributed by atoms with E-state index in [1.54, 1.807) is 6.20 Å². The molecule has 33 heavy (non-hydrogen) atoms. The highest BCUT2D eigenvalue weighted by atomic mass is 79.9. The number of piperazine rings is 1. The average molecular weight is 507 g/mol. The molecular formula is C25H27BrN6O. The summed E-state index contributed by atoms with van der Waals surface area (Å²) in [5.74, 6) is 0.640. The lowest BCUT2D eigenvalue weighted by atomic mass is 10.00. The summed E-state index contributed by atoms with van der Waals surface area (Å²) in [5.41, 5.74) is 6.37. The minimum absolute atomic E-state index is 0.0609. The SMILES string of the molecule is CN1CCN(c2ccc(Nc3ncc(Br)c(CCc4cccc5c4CC(=O)N5)n3)cc2)CC1. The number of anilines is 4. The van der Waals surface area contributed by atoms with Gasteiger partial charge in [-0.1, -0.05) is 12.1 Å². The third-order valence-electron chi connectivity index (χ3n) is 6.32. The van der Waals surface area contributed by atoms with Crippen LogP contribution in [0.1, 0.15) is 16.8 Å². The molecule has 1 aromatic heterocycles. The van der Waals surface area contributed by atoms with Gasteiger partial charge in [0.15, 0.2) is 0 Å². The standard InChI is InChI=1S/C25H27BrN6O/c1-31-11-13-32(14-12-31)19-8-6-18(7-9-19)28-25-27-16-21(26)23(30-25)10-5-17-3-2-4-22-20(17)15-24(33)29-22/h2-4,6-9,16H,5,10-15H2,1H3,(H,29,33)(H,27,28,30). The van der Waals surface area contributed by atoms with E-state index in [1.807, 2.05) is 12.1 Å². The summed E-state index contributed by atoms with van der Waals surface area (Å²) in [6.07, 6.45) is 3.81. The van der Waals surface area contributed by atoms with Gasteiger partial charge in [-0.15, -0.1) is 0 Å². The second-order valence-electron chi connectivity index (χ2n) is 8.62. The van der Waals surface area contributed by atoms with Crippen molar-refractivity contribution in [3.8, 4) is 0 Å². The summed E-state index contributed by atoms with van der Waals surface area (Å²) >= 11 is 3.59. The number of aryl methyl sites for hydroxylation is 2. The average Bonchev–Trinajstić information content (AvgIpc) is 3.21. The molecule has 8 heteroatoms. The molecular weight excluding hydrogens is 480 g/mol. The number of halogens is 1. The fourth-order valence-electron chi connectivity index (χ4n) is 4.39. The first kappa shape index (κ1) is 21.9. The lowest BCUT2D eigenvalue weighted by molar-refractivity contribution is -0.115. The Morgan fingerprint density at radius 1 is 1.06 bits per heavy atom. The Hall–Kier alpha value is -2.97. The van der Waals surface area contributed by atoms with Gasteiger partial charge in [0.05, 0.1) is 16.6 Å². The summed E-state index contributed by atoms with van der Waals surface area (Å²) in [5, 5.41) is 6.25. The van der Waals surface area contributed by atoms with Gasteiger partial charge in [-0.25, -0.2) is 9.97 Å². The molecule has 3 aromatic rings. The van der Waals surface area contributed by atoms with Crippen molar-refractivity contribution < 1.29 is 4.79 Å². The highest BCUT2D eigenvalue weighted by Crippen LogP contribution is 2.28. The van der Waals surface area contributed by atoms with Crippen molar-refractivity contribution in [1.29, 1.82) is 0 Å². The van der Waals surface area contributed by atoms with Crippen LogP contribution in [0, 0.1) is 0 Å². The van der Waals surface area contributed by atoms with Crippen molar-refractivity contribution in [2.45, 2.75) is 19.3 Å². The molecule has 7 nitrogen and oxygen atoms in total. The third-order valence-corrected chi connectivity index (χ3v) is 6.99. The van der Waals surface area contributed by atoms with Crippen molar-refractivity contribution in [2.24, 2.45) is 0 Å². The predicted molar refractivity (Wildman–Crippen MR) is 135 cm³/mol. The zero-order valence-corrected chi connectivity index (χ0v) is 20.2. The number of carbonyl (C=O) groups excluding carboxylic acids is 1. The fourth-order valence-corrected chi connectivity index (χ4v) is 4.78. The van der Waals surface area contributed by atoms with Crippen LogP contribution in [0.5, 0.6) is 0 Å². The number of benzene rings is 2. The third kappa shape index (κ3) is 5.02. The molecule has 2 aromatic carbocycles. The first-order valence-corrected chi connectivity index (χ1v) is 12.1. The van der Waals surface area contributed by atoms with E-state index in [0.717, 1.165) is 66.1 Å². The van der Waals surface area contributed by atoms with Crippen LogP contribution in [0.4, 0.5) is 23.0 Å². The summed E-state index contributed by atoms with van der Waals surface area (Å²) < 4.78 is 0.889. The molecule has 0 bridgehead atoms. The van der Waals surface area contributed by atoms with E-state index in [1.165, 1.54) is 11.3 Å². The van der Waals surface area contributed by atoms with Crippen molar-refractivity contribution in [2.75, 3.05) is 48.8 Å². The highest BCUT2D eigenvalue weighted by Gasteiger charge is 2.20. The number of hydrogen-bond acceptors (Lipinski definition) is 6. The van der Waals surface area contributed by atoms with E-state index in [0.29, 0.717) is 12.4 Å². The number of hydrogen-bond donors (Lipinski definition) is 2. The number of fused-ring (bicyclic) bond motifs is 1. The van der Waals surface area contributed by atoms with Crippen molar-refractivity contribution in [3.05, 3.63) is 70.0 Å². The molecule has 170 valence electrons. The van der Waals surface area contributed by atoms with Gasteiger partial charge in [0.25, 0.3) is 0 Å². The van der Waals surface area contributed by atoms with Crippen LogP contribution in [-0.2, 0) is 24.1 Å². The Kier molecular flexibility index (Phi) is 6.28. The van der Waals surface area contributed by atoms with E-state index >= 15 is 0 Å². The topological polar surface area (TPSA) is 73.4 Å². The zero-order chi connectivity index (χ0) is 22.8. The van der Waals surface area contributed by atoms with Crippen molar-refractivity contribution in [3.63, 3.8) is 0 Å². The largest absolute Gasteiger partial charge is 0.369 e. The van der Waals surface area contributed by atoms with E-state index in [-0.39, 0.29) is 5.91 Å². The van der Waals surface area contributed by atoms with Crippen LogP contribution in [0.25, 0.3) is 0 Å². The summed E-state index contributed by atoms with van der Waals surface area (Å²) in [4.78, 5) is 25.7. The maximum absolute atomic E-state index is 11.8. The lowest BCUT2D eigenvalue weighted by Crippen LogP contribution is -2.44. The Morgan fingerprint density at radius 3 is 2.64 bits per heavy atom. The molecule has 1 fully saturated rings. The molecule has 0 unspecified atom stereocenters. The van der Waals surface area contributed by atoms with Crippen LogP contribution in [-0.4, -0.2) is 54.0 Å². The van der Waals surface area contributed by atoms with E-state index in [2.05, 4.69) is 78.7 Å².